The SMILES string of the molecule is Cc1cc(-c2ccccc2)ccc1N1CN(C)c2ccccc21. The van der Waals surface area contributed by atoms with Crippen LogP contribution in [0.3, 0.4) is 0 Å². The van der Waals surface area contributed by atoms with Crippen LogP contribution in [-0.2, 0) is 0 Å². The van der Waals surface area contributed by atoms with Crippen molar-refractivity contribution in [3.05, 3.63) is 78.4 Å². The minimum Gasteiger partial charge on any atom is -0.355 e. The molecule has 3 aromatic carbocycles. The van der Waals surface area contributed by atoms with Crippen molar-refractivity contribution in [3.63, 3.8) is 0 Å². The van der Waals surface area contributed by atoms with Crippen LogP contribution >= 0.6 is 0 Å². The Balaban J connectivity index is 1.74. The van der Waals surface area contributed by atoms with Gasteiger partial charge in [-0.25, -0.2) is 0 Å². The summed E-state index contributed by atoms with van der Waals surface area (Å²) in [5.74, 6) is 0. The Morgan fingerprint density at radius 2 is 1.39 bits per heavy atom. The van der Waals surface area contributed by atoms with Gasteiger partial charge in [0.2, 0.25) is 0 Å². The quantitative estimate of drug-likeness (QED) is 0.641. The van der Waals surface area contributed by atoms with E-state index in [-0.39, 0.29) is 0 Å². The molecule has 0 aliphatic carbocycles. The normalized spacial score (nSPS) is 13.3. The van der Waals surface area contributed by atoms with Gasteiger partial charge in [0.25, 0.3) is 0 Å². The Kier molecular flexibility index (Phi) is 3.30. The van der Waals surface area contributed by atoms with Crippen LogP contribution in [0.4, 0.5) is 17.1 Å². The van der Waals surface area contributed by atoms with Crippen molar-refractivity contribution in [2.75, 3.05) is 23.5 Å². The number of para-hydroxylation sites is 2. The largest absolute Gasteiger partial charge is 0.355 e. The van der Waals surface area contributed by atoms with E-state index in [4.69, 9.17) is 0 Å². The van der Waals surface area contributed by atoms with Crippen LogP contribution in [0.15, 0.2) is 72.8 Å². The van der Waals surface area contributed by atoms with Crippen molar-refractivity contribution in [2.24, 2.45) is 0 Å². The average molecular weight is 300 g/mol. The maximum Gasteiger partial charge on any atom is 0.0950 e. The maximum absolute atomic E-state index is 2.39. The van der Waals surface area contributed by atoms with E-state index in [1.165, 1.54) is 33.8 Å². The molecule has 0 N–H and O–H groups in total. The third-order valence-electron chi connectivity index (χ3n) is 4.53. The van der Waals surface area contributed by atoms with Gasteiger partial charge in [0, 0.05) is 12.7 Å². The number of benzene rings is 3. The first kappa shape index (κ1) is 13.9. The lowest BCUT2D eigenvalue weighted by Crippen LogP contribution is -2.24. The molecule has 0 aromatic heterocycles. The number of fused-ring (bicyclic) bond motifs is 1. The minimum absolute atomic E-state index is 0.894. The van der Waals surface area contributed by atoms with Crippen molar-refractivity contribution in [1.29, 1.82) is 0 Å². The Bertz CT molecular complexity index is 839. The number of aryl methyl sites for hydroxylation is 1. The van der Waals surface area contributed by atoms with E-state index in [0.29, 0.717) is 0 Å². The summed E-state index contributed by atoms with van der Waals surface area (Å²) in [6.07, 6.45) is 0. The molecule has 2 nitrogen and oxygen atoms in total. The molecular formula is C21H20N2. The molecule has 1 heterocycles. The topological polar surface area (TPSA) is 6.48 Å². The molecule has 0 spiro atoms. The van der Waals surface area contributed by atoms with Crippen LogP contribution in [0.5, 0.6) is 0 Å². The van der Waals surface area contributed by atoms with Gasteiger partial charge >= 0.3 is 0 Å². The summed E-state index contributed by atoms with van der Waals surface area (Å²) in [4.78, 5) is 4.68. The van der Waals surface area contributed by atoms with E-state index in [9.17, 15) is 0 Å². The van der Waals surface area contributed by atoms with Crippen LogP contribution in [0.25, 0.3) is 11.1 Å². The standard InChI is InChI=1S/C21H20N2/c1-16-14-18(17-8-4-3-5-9-17)12-13-19(16)23-15-22(2)20-10-6-7-11-21(20)23/h3-14H,15H2,1-2H3. The zero-order valence-electron chi connectivity index (χ0n) is 13.5. The molecule has 2 heteroatoms. The minimum atomic E-state index is 0.894. The van der Waals surface area contributed by atoms with Crippen molar-refractivity contribution in [2.45, 2.75) is 6.92 Å². The monoisotopic (exact) mass is 300 g/mol. The number of anilines is 3. The summed E-state index contributed by atoms with van der Waals surface area (Å²) in [5.41, 5.74) is 7.69. The summed E-state index contributed by atoms with van der Waals surface area (Å²) in [6.45, 7) is 3.09. The molecule has 1 aliphatic rings. The summed E-state index contributed by atoms with van der Waals surface area (Å²) >= 11 is 0. The van der Waals surface area contributed by atoms with E-state index in [1.54, 1.807) is 0 Å². The Morgan fingerprint density at radius 3 is 2.13 bits per heavy atom. The van der Waals surface area contributed by atoms with Gasteiger partial charge in [-0.1, -0.05) is 48.5 Å². The first-order valence-corrected chi connectivity index (χ1v) is 7.98. The molecule has 4 rings (SSSR count). The van der Waals surface area contributed by atoms with Gasteiger partial charge in [0.15, 0.2) is 0 Å². The number of nitrogens with zero attached hydrogens (tertiary/aromatic N) is 2. The molecule has 23 heavy (non-hydrogen) atoms. The van der Waals surface area contributed by atoms with Crippen LogP contribution < -0.4 is 9.80 Å². The van der Waals surface area contributed by atoms with E-state index >= 15 is 0 Å². The molecule has 0 saturated carbocycles. The lowest BCUT2D eigenvalue weighted by Gasteiger charge is -2.22. The van der Waals surface area contributed by atoms with Gasteiger partial charge < -0.3 is 9.80 Å². The molecule has 0 bridgehead atoms. The zero-order chi connectivity index (χ0) is 15.8. The van der Waals surface area contributed by atoms with Crippen molar-refractivity contribution in [3.8, 4) is 11.1 Å². The molecule has 0 unspecified atom stereocenters. The molecule has 0 radical (unpaired) electrons. The van der Waals surface area contributed by atoms with E-state index in [2.05, 4.69) is 96.6 Å². The Hall–Kier alpha value is -2.74. The van der Waals surface area contributed by atoms with Crippen molar-refractivity contribution >= 4 is 17.1 Å². The third-order valence-corrected chi connectivity index (χ3v) is 4.53. The fourth-order valence-electron chi connectivity index (χ4n) is 3.35. The van der Waals surface area contributed by atoms with Crippen LogP contribution in [0.2, 0.25) is 0 Å². The zero-order valence-corrected chi connectivity index (χ0v) is 13.5. The highest BCUT2D eigenvalue weighted by atomic mass is 15.4. The van der Waals surface area contributed by atoms with Gasteiger partial charge in [-0.3, -0.25) is 0 Å². The summed E-state index contributed by atoms with van der Waals surface area (Å²) in [6, 6.07) is 25.9. The lowest BCUT2D eigenvalue weighted by atomic mass is 10.0. The first-order valence-electron chi connectivity index (χ1n) is 7.98. The van der Waals surface area contributed by atoms with Crippen LogP contribution in [0, 0.1) is 6.92 Å². The predicted octanol–water partition coefficient (Wildman–Crippen LogP) is 5.21. The highest BCUT2D eigenvalue weighted by molar-refractivity contribution is 5.83. The van der Waals surface area contributed by atoms with Crippen molar-refractivity contribution in [1.82, 2.24) is 0 Å². The lowest BCUT2D eigenvalue weighted by molar-refractivity contribution is 0.946. The van der Waals surface area contributed by atoms with Gasteiger partial charge in [-0.05, 0) is 47.9 Å². The summed E-state index contributed by atoms with van der Waals surface area (Å²) in [5, 5.41) is 0. The molecule has 0 fully saturated rings. The van der Waals surface area contributed by atoms with Gasteiger partial charge in [-0.2, -0.15) is 0 Å². The fraction of sp³-hybridized carbons (Fsp3) is 0.143. The second-order valence-electron chi connectivity index (χ2n) is 6.12. The van der Waals surface area contributed by atoms with Gasteiger partial charge in [0.1, 0.15) is 0 Å². The van der Waals surface area contributed by atoms with Crippen LogP contribution in [0.1, 0.15) is 5.56 Å². The highest BCUT2D eigenvalue weighted by Gasteiger charge is 2.24. The fourth-order valence-corrected chi connectivity index (χ4v) is 3.35. The first-order chi connectivity index (χ1) is 11.2. The Morgan fingerprint density at radius 1 is 0.696 bits per heavy atom. The van der Waals surface area contributed by atoms with Gasteiger partial charge in [0.05, 0.1) is 18.0 Å². The molecule has 0 saturated heterocycles. The van der Waals surface area contributed by atoms with Crippen LogP contribution in [-0.4, -0.2) is 13.7 Å². The molecular weight excluding hydrogens is 280 g/mol. The summed E-state index contributed by atoms with van der Waals surface area (Å²) in [7, 11) is 2.15. The average Bonchev–Trinajstić information content (AvgIpc) is 2.93. The Labute approximate surface area is 137 Å². The van der Waals surface area contributed by atoms with E-state index in [1.807, 2.05) is 0 Å². The molecule has 0 atom stereocenters. The van der Waals surface area contributed by atoms with Crippen molar-refractivity contribution < 1.29 is 0 Å². The highest BCUT2D eigenvalue weighted by Crippen LogP contribution is 2.41. The van der Waals surface area contributed by atoms with E-state index in [0.717, 1.165) is 6.67 Å². The second kappa shape index (κ2) is 5.47. The predicted molar refractivity (Wildman–Crippen MR) is 98.5 cm³/mol. The third kappa shape index (κ3) is 2.36. The number of hydrogen-bond acceptors (Lipinski definition) is 2. The molecule has 0 amide bonds. The maximum atomic E-state index is 2.39. The van der Waals surface area contributed by atoms with E-state index < -0.39 is 0 Å². The summed E-state index contributed by atoms with van der Waals surface area (Å²) < 4.78 is 0. The number of rotatable bonds is 2. The smallest absolute Gasteiger partial charge is 0.0950 e. The van der Waals surface area contributed by atoms with Gasteiger partial charge in [-0.15, -0.1) is 0 Å². The number of hydrogen-bond donors (Lipinski definition) is 0. The molecule has 1 aliphatic heterocycles. The second-order valence-corrected chi connectivity index (χ2v) is 6.12. The molecule has 114 valence electrons. The molecule has 3 aromatic rings.